The van der Waals surface area contributed by atoms with Crippen LogP contribution in [0.3, 0.4) is 0 Å². The lowest BCUT2D eigenvalue weighted by molar-refractivity contribution is -0.130. The summed E-state index contributed by atoms with van der Waals surface area (Å²) in [5.41, 5.74) is 1.69. The summed E-state index contributed by atoms with van der Waals surface area (Å²) >= 11 is 6.04. The Labute approximate surface area is 129 Å². The molecule has 1 aromatic rings. The second-order valence-corrected chi connectivity index (χ2v) is 5.70. The molecule has 1 heterocycles. The summed E-state index contributed by atoms with van der Waals surface area (Å²) in [6, 6.07) is 5.47. The minimum atomic E-state index is -0.0637. The van der Waals surface area contributed by atoms with Crippen LogP contribution >= 0.6 is 11.6 Å². The minimum Gasteiger partial charge on any atom is -0.340 e. The van der Waals surface area contributed by atoms with Crippen LogP contribution in [0.2, 0.25) is 5.02 Å². The van der Waals surface area contributed by atoms with Crippen molar-refractivity contribution < 1.29 is 9.59 Å². The van der Waals surface area contributed by atoms with Gasteiger partial charge in [-0.1, -0.05) is 17.7 Å². The van der Waals surface area contributed by atoms with Gasteiger partial charge in [-0.05, 0) is 24.6 Å². The van der Waals surface area contributed by atoms with Gasteiger partial charge in [0.2, 0.25) is 11.8 Å². The number of halogens is 1. The lowest BCUT2D eigenvalue weighted by Crippen LogP contribution is -2.49. The molecular formula is C15H20ClN3O2. The summed E-state index contributed by atoms with van der Waals surface area (Å²) in [5.74, 6) is 0.0274. The van der Waals surface area contributed by atoms with Gasteiger partial charge in [0.15, 0.2) is 0 Å². The van der Waals surface area contributed by atoms with E-state index in [-0.39, 0.29) is 11.8 Å². The number of aryl methyl sites for hydroxylation is 1. The number of rotatable bonds is 3. The zero-order chi connectivity index (χ0) is 15.4. The Bertz CT molecular complexity index is 540. The van der Waals surface area contributed by atoms with Crippen LogP contribution in [-0.4, -0.2) is 54.3 Å². The number of piperazine rings is 1. The van der Waals surface area contributed by atoms with Crippen molar-refractivity contribution in [1.82, 2.24) is 9.80 Å². The average molecular weight is 310 g/mol. The molecular weight excluding hydrogens is 290 g/mol. The van der Waals surface area contributed by atoms with Crippen LogP contribution < -0.4 is 5.32 Å². The van der Waals surface area contributed by atoms with Crippen molar-refractivity contribution in [3.05, 3.63) is 28.8 Å². The topological polar surface area (TPSA) is 52.7 Å². The van der Waals surface area contributed by atoms with E-state index in [2.05, 4.69) is 5.32 Å². The van der Waals surface area contributed by atoms with Crippen LogP contribution in [-0.2, 0) is 9.59 Å². The van der Waals surface area contributed by atoms with E-state index in [0.717, 1.165) is 18.7 Å². The molecule has 21 heavy (non-hydrogen) atoms. The predicted octanol–water partition coefficient (Wildman–Crippen LogP) is 1.75. The highest BCUT2D eigenvalue weighted by atomic mass is 35.5. The fourth-order valence-corrected chi connectivity index (χ4v) is 2.48. The molecule has 1 aromatic carbocycles. The van der Waals surface area contributed by atoms with Crippen molar-refractivity contribution in [2.45, 2.75) is 13.8 Å². The van der Waals surface area contributed by atoms with Gasteiger partial charge in [-0.2, -0.15) is 0 Å². The van der Waals surface area contributed by atoms with Gasteiger partial charge in [-0.3, -0.25) is 14.5 Å². The Kier molecular flexibility index (Phi) is 5.20. The standard InChI is InChI=1S/C15H20ClN3O2/c1-11-3-4-13(9-14(11)16)17-15(21)10-18-5-7-19(8-6-18)12(2)20/h3-4,9H,5-8,10H2,1-2H3,(H,17,21). The molecule has 1 aliphatic rings. The van der Waals surface area contributed by atoms with Crippen molar-refractivity contribution in [3.63, 3.8) is 0 Å². The largest absolute Gasteiger partial charge is 0.340 e. The fraction of sp³-hybridized carbons (Fsp3) is 0.467. The average Bonchev–Trinajstić information content (AvgIpc) is 2.43. The molecule has 0 saturated carbocycles. The molecule has 0 aliphatic carbocycles. The number of nitrogens with one attached hydrogen (secondary N) is 1. The van der Waals surface area contributed by atoms with E-state index in [1.54, 1.807) is 17.9 Å². The molecule has 0 atom stereocenters. The molecule has 0 bridgehead atoms. The fourth-order valence-electron chi connectivity index (χ4n) is 2.30. The van der Waals surface area contributed by atoms with E-state index in [4.69, 9.17) is 11.6 Å². The van der Waals surface area contributed by atoms with E-state index in [9.17, 15) is 9.59 Å². The molecule has 1 aliphatic heterocycles. The Balaban J connectivity index is 1.82. The first-order valence-electron chi connectivity index (χ1n) is 6.99. The highest BCUT2D eigenvalue weighted by Gasteiger charge is 2.20. The molecule has 1 saturated heterocycles. The van der Waals surface area contributed by atoms with Gasteiger partial charge in [0.25, 0.3) is 0 Å². The molecule has 1 N–H and O–H groups in total. The van der Waals surface area contributed by atoms with E-state index in [1.165, 1.54) is 0 Å². The summed E-state index contributed by atoms with van der Waals surface area (Å²) in [6.07, 6.45) is 0. The lowest BCUT2D eigenvalue weighted by atomic mass is 10.2. The van der Waals surface area contributed by atoms with Gasteiger partial charge in [0.1, 0.15) is 0 Å². The van der Waals surface area contributed by atoms with Crippen LogP contribution in [0, 0.1) is 6.92 Å². The summed E-state index contributed by atoms with van der Waals surface area (Å²) in [6.45, 7) is 6.63. The quantitative estimate of drug-likeness (QED) is 0.925. The molecule has 0 aromatic heterocycles. The number of hydrogen-bond donors (Lipinski definition) is 1. The normalized spacial score (nSPS) is 15.9. The zero-order valence-corrected chi connectivity index (χ0v) is 13.1. The Morgan fingerprint density at radius 3 is 2.48 bits per heavy atom. The molecule has 2 amide bonds. The third-order valence-corrected chi connectivity index (χ3v) is 4.05. The number of hydrogen-bond acceptors (Lipinski definition) is 3. The summed E-state index contributed by atoms with van der Waals surface area (Å²) < 4.78 is 0. The first-order chi connectivity index (χ1) is 9.95. The van der Waals surface area contributed by atoms with Gasteiger partial charge in [0.05, 0.1) is 6.54 Å². The lowest BCUT2D eigenvalue weighted by Gasteiger charge is -2.33. The van der Waals surface area contributed by atoms with Crippen molar-refractivity contribution in [1.29, 1.82) is 0 Å². The maximum Gasteiger partial charge on any atom is 0.238 e. The van der Waals surface area contributed by atoms with Crippen molar-refractivity contribution in [2.75, 3.05) is 38.0 Å². The van der Waals surface area contributed by atoms with Crippen LogP contribution in [0.4, 0.5) is 5.69 Å². The highest BCUT2D eigenvalue weighted by molar-refractivity contribution is 6.31. The van der Waals surface area contributed by atoms with Gasteiger partial charge in [0, 0.05) is 43.8 Å². The number of anilines is 1. The predicted molar refractivity (Wildman–Crippen MR) is 83.5 cm³/mol. The van der Waals surface area contributed by atoms with Gasteiger partial charge < -0.3 is 10.2 Å². The number of carbonyl (C=O) groups is 2. The molecule has 114 valence electrons. The number of amides is 2. The van der Waals surface area contributed by atoms with Crippen molar-refractivity contribution >= 4 is 29.1 Å². The third kappa shape index (κ3) is 4.44. The Morgan fingerprint density at radius 1 is 1.24 bits per heavy atom. The summed E-state index contributed by atoms with van der Waals surface area (Å²) in [7, 11) is 0. The SMILES string of the molecule is CC(=O)N1CCN(CC(=O)Nc2ccc(C)c(Cl)c2)CC1. The molecule has 0 spiro atoms. The van der Waals surface area contributed by atoms with Crippen LogP contribution in [0.15, 0.2) is 18.2 Å². The molecule has 0 radical (unpaired) electrons. The van der Waals surface area contributed by atoms with E-state index < -0.39 is 0 Å². The molecule has 0 unspecified atom stereocenters. The molecule has 6 heteroatoms. The maximum atomic E-state index is 12.0. The molecule has 2 rings (SSSR count). The minimum absolute atomic E-state index is 0.0637. The van der Waals surface area contributed by atoms with Gasteiger partial charge in [-0.25, -0.2) is 0 Å². The second kappa shape index (κ2) is 6.91. The number of nitrogens with zero attached hydrogens (tertiary/aromatic N) is 2. The van der Waals surface area contributed by atoms with Crippen molar-refractivity contribution in [2.24, 2.45) is 0 Å². The second-order valence-electron chi connectivity index (χ2n) is 5.29. The zero-order valence-electron chi connectivity index (χ0n) is 12.4. The molecule has 5 nitrogen and oxygen atoms in total. The molecule has 1 fully saturated rings. The Hall–Kier alpha value is -1.59. The Morgan fingerprint density at radius 2 is 1.90 bits per heavy atom. The van der Waals surface area contributed by atoms with Crippen molar-refractivity contribution in [3.8, 4) is 0 Å². The van der Waals surface area contributed by atoms with Crippen LogP contribution in [0.5, 0.6) is 0 Å². The monoisotopic (exact) mass is 309 g/mol. The first kappa shape index (κ1) is 15.8. The third-order valence-electron chi connectivity index (χ3n) is 3.64. The van der Waals surface area contributed by atoms with E-state index >= 15 is 0 Å². The summed E-state index contributed by atoms with van der Waals surface area (Å²) in [5, 5.41) is 3.49. The smallest absolute Gasteiger partial charge is 0.238 e. The van der Waals surface area contributed by atoms with Gasteiger partial charge in [-0.15, -0.1) is 0 Å². The number of benzene rings is 1. The van der Waals surface area contributed by atoms with Crippen LogP contribution in [0.25, 0.3) is 0 Å². The van der Waals surface area contributed by atoms with Gasteiger partial charge >= 0.3 is 0 Å². The maximum absolute atomic E-state index is 12.0. The number of carbonyl (C=O) groups excluding carboxylic acids is 2. The highest BCUT2D eigenvalue weighted by Crippen LogP contribution is 2.19. The summed E-state index contributed by atoms with van der Waals surface area (Å²) in [4.78, 5) is 27.1. The van der Waals surface area contributed by atoms with E-state index in [1.807, 2.05) is 24.0 Å². The first-order valence-corrected chi connectivity index (χ1v) is 7.37. The van der Waals surface area contributed by atoms with Crippen LogP contribution in [0.1, 0.15) is 12.5 Å². The van der Waals surface area contributed by atoms with E-state index in [0.29, 0.717) is 30.3 Å².